The second-order valence-electron chi connectivity index (χ2n) is 6.28. The van der Waals surface area contributed by atoms with Gasteiger partial charge in [-0.05, 0) is 36.9 Å². The molecule has 0 aliphatic rings. The number of thioether (sulfide) groups is 1. The fraction of sp³-hybridized carbons (Fsp3) is 0.263. The predicted octanol–water partition coefficient (Wildman–Crippen LogP) is 3.96. The third-order valence-corrected chi connectivity index (χ3v) is 6.38. The first-order valence-corrected chi connectivity index (χ1v) is 10.6. The summed E-state index contributed by atoms with van der Waals surface area (Å²) in [7, 11) is 0. The molecular weight excluding hydrogens is 380 g/mol. The van der Waals surface area contributed by atoms with E-state index in [9.17, 15) is 9.59 Å². The van der Waals surface area contributed by atoms with Crippen LogP contribution in [0.2, 0.25) is 0 Å². The largest absolute Gasteiger partial charge is 0.309 e. The average molecular weight is 399 g/mol. The van der Waals surface area contributed by atoms with Crippen LogP contribution in [0.15, 0.2) is 50.5 Å². The number of fused-ring (bicyclic) bond motifs is 2. The maximum atomic E-state index is 13.0. The van der Waals surface area contributed by atoms with Gasteiger partial charge in [-0.3, -0.25) is 14.2 Å². The van der Waals surface area contributed by atoms with Crippen LogP contribution in [0.1, 0.15) is 32.1 Å². The van der Waals surface area contributed by atoms with Crippen LogP contribution < -0.4 is 11.1 Å². The lowest BCUT2D eigenvalue weighted by atomic mass is 10.2. The molecule has 138 valence electrons. The third kappa shape index (κ3) is 3.30. The summed E-state index contributed by atoms with van der Waals surface area (Å²) in [6.45, 7) is 4.06. The van der Waals surface area contributed by atoms with E-state index < -0.39 is 0 Å². The van der Waals surface area contributed by atoms with Crippen LogP contribution in [0.3, 0.4) is 0 Å². The van der Waals surface area contributed by atoms with E-state index in [1.54, 1.807) is 4.57 Å². The molecular formula is C19H18N4O2S2. The van der Waals surface area contributed by atoms with Crippen molar-refractivity contribution in [2.75, 3.05) is 0 Å². The maximum absolute atomic E-state index is 13.0. The van der Waals surface area contributed by atoms with Crippen LogP contribution in [0.25, 0.3) is 21.1 Å². The zero-order valence-electron chi connectivity index (χ0n) is 14.9. The summed E-state index contributed by atoms with van der Waals surface area (Å²) in [6, 6.07) is 9.25. The monoisotopic (exact) mass is 398 g/mol. The van der Waals surface area contributed by atoms with Gasteiger partial charge in [0.05, 0.1) is 22.2 Å². The predicted molar refractivity (Wildman–Crippen MR) is 111 cm³/mol. The van der Waals surface area contributed by atoms with Crippen molar-refractivity contribution < 1.29 is 0 Å². The van der Waals surface area contributed by atoms with Crippen molar-refractivity contribution in [2.45, 2.75) is 37.2 Å². The number of nitrogens with one attached hydrogen (secondary N) is 1. The van der Waals surface area contributed by atoms with E-state index in [2.05, 4.69) is 9.97 Å². The van der Waals surface area contributed by atoms with Gasteiger partial charge >= 0.3 is 0 Å². The van der Waals surface area contributed by atoms with E-state index in [0.29, 0.717) is 37.9 Å². The summed E-state index contributed by atoms with van der Waals surface area (Å²) in [5.74, 6) is 1.01. The molecule has 0 amide bonds. The van der Waals surface area contributed by atoms with Crippen LogP contribution in [0, 0.1) is 0 Å². The van der Waals surface area contributed by atoms with Crippen molar-refractivity contribution in [1.82, 2.24) is 19.5 Å². The van der Waals surface area contributed by atoms with E-state index in [1.807, 2.05) is 49.6 Å². The smallest absolute Gasteiger partial charge is 0.268 e. The highest BCUT2D eigenvalue weighted by molar-refractivity contribution is 7.98. The highest BCUT2D eigenvalue weighted by Gasteiger charge is 2.16. The zero-order valence-corrected chi connectivity index (χ0v) is 16.6. The molecule has 1 atom stereocenters. The Bertz CT molecular complexity index is 1240. The molecule has 0 fully saturated rings. The van der Waals surface area contributed by atoms with Gasteiger partial charge in [-0.2, -0.15) is 0 Å². The van der Waals surface area contributed by atoms with Gasteiger partial charge < -0.3 is 4.98 Å². The lowest BCUT2D eigenvalue weighted by molar-refractivity contribution is 0.468. The number of hydrogen-bond acceptors (Lipinski definition) is 6. The highest BCUT2D eigenvalue weighted by atomic mass is 32.2. The minimum atomic E-state index is -0.128. The normalized spacial score (nSPS) is 12.7. The van der Waals surface area contributed by atoms with Gasteiger partial charge in [-0.1, -0.05) is 30.8 Å². The summed E-state index contributed by atoms with van der Waals surface area (Å²) in [5.41, 5.74) is 1.22. The summed E-state index contributed by atoms with van der Waals surface area (Å²) >= 11 is 2.79. The van der Waals surface area contributed by atoms with Gasteiger partial charge in [-0.15, -0.1) is 11.3 Å². The molecule has 0 aliphatic carbocycles. The molecule has 4 rings (SSSR count). The SMILES string of the molecule is CC[C@H](C)n1c(SCc2nc3ccsc3c(=O)[nH]2)nc2ccccc2c1=O. The van der Waals surface area contributed by atoms with E-state index in [-0.39, 0.29) is 17.2 Å². The molecule has 6 nitrogen and oxygen atoms in total. The molecule has 3 heterocycles. The van der Waals surface area contributed by atoms with Crippen molar-refractivity contribution in [1.29, 1.82) is 0 Å². The lowest BCUT2D eigenvalue weighted by Crippen LogP contribution is -2.26. The van der Waals surface area contributed by atoms with E-state index in [4.69, 9.17) is 4.98 Å². The minimum absolute atomic E-state index is 0.0310. The van der Waals surface area contributed by atoms with Crippen LogP contribution in [-0.4, -0.2) is 19.5 Å². The molecule has 0 spiro atoms. The van der Waals surface area contributed by atoms with Crippen LogP contribution in [0.5, 0.6) is 0 Å². The highest BCUT2D eigenvalue weighted by Crippen LogP contribution is 2.25. The van der Waals surface area contributed by atoms with Crippen LogP contribution >= 0.6 is 23.1 Å². The first kappa shape index (κ1) is 17.9. The first-order chi connectivity index (χ1) is 13.1. The van der Waals surface area contributed by atoms with Gasteiger partial charge in [0.15, 0.2) is 5.16 Å². The molecule has 0 bridgehead atoms. The molecule has 1 N–H and O–H groups in total. The Labute approximate surface area is 163 Å². The van der Waals surface area contributed by atoms with E-state index in [0.717, 1.165) is 6.42 Å². The number of para-hydroxylation sites is 1. The third-order valence-electron chi connectivity index (χ3n) is 4.51. The van der Waals surface area contributed by atoms with Gasteiger partial charge in [0.2, 0.25) is 0 Å². The van der Waals surface area contributed by atoms with Crippen molar-refractivity contribution in [3.63, 3.8) is 0 Å². The van der Waals surface area contributed by atoms with Crippen LogP contribution in [-0.2, 0) is 5.75 Å². The number of H-pyrrole nitrogens is 1. The molecule has 0 radical (unpaired) electrons. The van der Waals surface area contributed by atoms with Crippen molar-refractivity contribution >= 4 is 44.2 Å². The van der Waals surface area contributed by atoms with Crippen molar-refractivity contribution in [3.05, 3.63) is 62.2 Å². The van der Waals surface area contributed by atoms with E-state index in [1.165, 1.54) is 23.1 Å². The molecule has 3 aromatic heterocycles. The molecule has 4 aromatic rings. The summed E-state index contributed by atoms with van der Waals surface area (Å²) in [5, 5.41) is 3.12. The standard InChI is InChI=1S/C19H18N4O2S2/c1-3-11(2)23-18(25)12-6-4-5-7-13(12)21-19(23)27-10-15-20-14-8-9-26-16(14)17(24)22-15/h4-9,11H,3,10H2,1-2H3,(H,20,22,24)/t11-/m0/s1. The Balaban J connectivity index is 1.75. The topological polar surface area (TPSA) is 80.6 Å². The second kappa shape index (κ2) is 7.28. The molecule has 1 aromatic carbocycles. The molecule has 0 saturated heterocycles. The minimum Gasteiger partial charge on any atom is -0.309 e. The summed E-state index contributed by atoms with van der Waals surface area (Å²) in [4.78, 5) is 37.2. The first-order valence-electron chi connectivity index (χ1n) is 8.69. The number of aromatic amines is 1. The zero-order chi connectivity index (χ0) is 19.0. The van der Waals surface area contributed by atoms with Crippen molar-refractivity contribution in [2.24, 2.45) is 0 Å². The summed E-state index contributed by atoms with van der Waals surface area (Å²) in [6.07, 6.45) is 0.823. The Hall–Kier alpha value is -2.45. The number of rotatable bonds is 5. The van der Waals surface area contributed by atoms with Crippen LogP contribution in [0.4, 0.5) is 0 Å². The number of hydrogen-bond donors (Lipinski definition) is 1. The molecule has 0 unspecified atom stereocenters. The molecule has 0 aliphatic heterocycles. The average Bonchev–Trinajstić information content (AvgIpc) is 3.15. The maximum Gasteiger partial charge on any atom is 0.268 e. The molecule has 0 saturated carbocycles. The number of benzene rings is 1. The Morgan fingerprint density at radius 2 is 2.00 bits per heavy atom. The van der Waals surface area contributed by atoms with Gasteiger partial charge in [0, 0.05) is 6.04 Å². The quantitative estimate of drug-likeness (QED) is 0.407. The lowest BCUT2D eigenvalue weighted by Gasteiger charge is -2.18. The van der Waals surface area contributed by atoms with Gasteiger partial charge in [0.1, 0.15) is 10.5 Å². The Morgan fingerprint density at radius 1 is 1.19 bits per heavy atom. The second-order valence-corrected chi connectivity index (χ2v) is 8.14. The van der Waals surface area contributed by atoms with Gasteiger partial charge in [0.25, 0.3) is 11.1 Å². The number of thiophene rings is 1. The number of nitrogens with zero attached hydrogens (tertiary/aromatic N) is 3. The number of aromatic nitrogens is 4. The van der Waals surface area contributed by atoms with E-state index >= 15 is 0 Å². The summed E-state index contributed by atoms with van der Waals surface area (Å²) < 4.78 is 2.37. The molecule has 8 heteroatoms. The van der Waals surface area contributed by atoms with Crippen molar-refractivity contribution in [3.8, 4) is 0 Å². The fourth-order valence-corrected chi connectivity index (χ4v) is 4.61. The van der Waals surface area contributed by atoms with Gasteiger partial charge in [-0.25, -0.2) is 9.97 Å². The Kier molecular flexibility index (Phi) is 4.84. The molecule has 27 heavy (non-hydrogen) atoms. The fourth-order valence-electron chi connectivity index (χ4n) is 2.92. The Morgan fingerprint density at radius 3 is 2.81 bits per heavy atom.